The lowest BCUT2D eigenvalue weighted by Crippen LogP contribution is -1.82. The third-order valence-corrected chi connectivity index (χ3v) is 0.430. The van der Waals surface area contributed by atoms with E-state index in [1.807, 2.05) is 0 Å². The minimum atomic E-state index is 0.170. The van der Waals surface area contributed by atoms with Gasteiger partial charge in [0, 0.05) is 7.11 Å². The molecule has 39 valence electrons. The molecule has 0 bridgehead atoms. The van der Waals surface area contributed by atoms with Crippen molar-refractivity contribution in [2.75, 3.05) is 20.3 Å². The number of ether oxygens (including phenoxy) is 1. The summed E-state index contributed by atoms with van der Waals surface area (Å²) in [5.41, 5.74) is 6.55. The number of nitrogens with one attached hydrogen (secondary N) is 1. The standard InChI is InChI=1S/C5H8NO/c1-7-5-3-2-4-6/h6H,4-5H2,1H3. The minimum Gasteiger partial charge on any atom is -0.372 e. The van der Waals surface area contributed by atoms with Crippen LogP contribution in [0, 0.1) is 11.8 Å². The van der Waals surface area contributed by atoms with E-state index >= 15 is 0 Å². The van der Waals surface area contributed by atoms with E-state index in [1.165, 1.54) is 0 Å². The molecule has 0 saturated carbocycles. The first-order valence-corrected chi connectivity index (χ1v) is 2.01. The molecule has 0 atom stereocenters. The lowest BCUT2D eigenvalue weighted by atomic mass is 10.6. The van der Waals surface area contributed by atoms with Crippen molar-refractivity contribution in [3.63, 3.8) is 0 Å². The Labute approximate surface area is 43.7 Å². The Morgan fingerprint density at radius 3 is 2.71 bits per heavy atom. The maximum Gasteiger partial charge on any atom is 0.107 e. The van der Waals surface area contributed by atoms with Crippen molar-refractivity contribution in [2.24, 2.45) is 0 Å². The SMILES string of the molecule is COCC#CC[NH]. The van der Waals surface area contributed by atoms with E-state index in [4.69, 9.17) is 5.73 Å². The van der Waals surface area contributed by atoms with Gasteiger partial charge in [0.05, 0.1) is 6.54 Å². The molecule has 0 aliphatic heterocycles. The molecule has 7 heavy (non-hydrogen) atoms. The van der Waals surface area contributed by atoms with Crippen LogP contribution in [0.15, 0.2) is 0 Å². The van der Waals surface area contributed by atoms with Gasteiger partial charge in [-0.2, -0.15) is 0 Å². The first kappa shape index (κ1) is 6.48. The predicted octanol–water partition coefficient (Wildman–Crippen LogP) is -0.0809. The third-order valence-electron chi connectivity index (χ3n) is 0.430. The van der Waals surface area contributed by atoms with Crippen LogP contribution in [0.3, 0.4) is 0 Å². The first-order chi connectivity index (χ1) is 3.41. The van der Waals surface area contributed by atoms with Crippen LogP contribution in [-0.4, -0.2) is 20.3 Å². The quantitative estimate of drug-likeness (QED) is 0.422. The Morgan fingerprint density at radius 2 is 2.29 bits per heavy atom. The lowest BCUT2D eigenvalue weighted by Gasteiger charge is -1.79. The Morgan fingerprint density at radius 1 is 1.57 bits per heavy atom. The van der Waals surface area contributed by atoms with Gasteiger partial charge in [0.15, 0.2) is 0 Å². The Kier molecular flexibility index (Phi) is 5.07. The van der Waals surface area contributed by atoms with E-state index in [1.54, 1.807) is 7.11 Å². The van der Waals surface area contributed by atoms with Gasteiger partial charge in [0.1, 0.15) is 6.61 Å². The fourth-order valence-corrected chi connectivity index (χ4v) is 0.186. The zero-order chi connectivity index (χ0) is 5.54. The molecule has 0 aromatic rings. The molecular formula is C5H8NO. The summed E-state index contributed by atoms with van der Waals surface area (Å²) in [4.78, 5) is 0. The highest BCUT2D eigenvalue weighted by molar-refractivity contribution is 4.99. The molecule has 2 heteroatoms. The molecule has 0 aromatic heterocycles. The minimum absolute atomic E-state index is 0.170. The second-order valence-corrected chi connectivity index (χ2v) is 0.963. The number of hydrogen-bond acceptors (Lipinski definition) is 1. The van der Waals surface area contributed by atoms with Crippen LogP contribution in [0.5, 0.6) is 0 Å². The fourth-order valence-electron chi connectivity index (χ4n) is 0.186. The molecule has 0 aromatic carbocycles. The van der Waals surface area contributed by atoms with Crippen molar-refractivity contribution in [3.8, 4) is 11.8 Å². The Hall–Kier alpha value is -0.520. The molecular weight excluding hydrogens is 90.1 g/mol. The normalized spacial score (nSPS) is 7.14. The van der Waals surface area contributed by atoms with Crippen LogP contribution >= 0.6 is 0 Å². The molecule has 0 fully saturated rings. The van der Waals surface area contributed by atoms with Crippen molar-refractivity contribution in [1.29, 1.82) is 0 Å². The molecule has 2 nitrogen and oxygen atoms in total. The summed E-state index contributed by atoms with van der Waals surface area (Å²) in [5.74, 6) is 5.17. The van der Waals surface area contributed by atoms with Gasteiger partial charge in [-0.1, -0.05) is 11.8 Å². The highest BCUT2D eigenvalue weighted by Crippen LogP contribution is 1.58. The van der Waals surface area contributed by atoms with Gasteiger partial charge in [-0.25, -0.2) is 5.73 Å². The highest BCUT2D eigenvalue weighted by atomic mass is 16.5. The first-order valence-electron chi connectivity index (χ1n) is 2.01. The maximum absolute atomic E-state index is 6.55. The predicted molar refractivity (Wildman–Crippen MR) is 27.6 cm³/mol. The zero-order valence-electron chi connectivity index (χ0n) is 4.32. The van der Waals surface area contributed by atoms with Gasteiger partial charge >= 0.3 is 0 Å². The van der Waals surface area contributed by atoms with E-state index in [0.717, 1.165) is 0 Å². The summed E-state index contributed by atoms with van der Waals surface area (Å²) in [6.45, 7) is 0.613. The van der Waals surface area contributed by atoms with Crippen molar-refractivity contribution in [2.45, 2.75) is 0 Å². The molecule has 0 rings (SSSR count). The van der Waals surface area contributed by atoms with Crippen LogP contribution in [0.25, 0.3) is 0 Å². The van der Waals surface area contributed by atoms with E-state index in [-0.39, 0.29) is 6.54 Å². The summed E-state index contributed by atoms with van der Waals surface area (Å²) in [6.07, 6.45) is 0. The van der Waals surface area contributed by atoms with Crippen molar-refractivity contribution >= 4 is 0 Å². The van der Waals surface area contributed by atoms with Gasteiger partial charge in [0.2, 0.25) is 0 Å². The summed E-state index contributed by atoms with van der Waals surface area (Å²) in [5, 5.41) is 0. The molecule has 0 unspecified atom stereocenters. The smallest absolute Gasteiger partial charge is 0.107 e. The van der Waals surface area contributed by atoms with Crippen LogP contribution in [0.2, 0.25) is 0 Å². The molecule has 0 aliphatic rings. The van der Waals surface area contributed by atoms with Crippen molar-refractivity contribution in [3.05, 3.63) is 0 Å². The van der Waals surface area contributed by atoms with Crippen molar-refractivity contribution < 1.29 is 4.74 Å². The van der Waals surface area contributed by atoms with Gasteiger partial charge in [0.25, 0.3) is 0 Å². The molecule has 0 aliphatic carbocycles. The summed E-state index contributed by atoms with van der Waals surface area (Å²) in [7, 11) is 1.58. The van der Waals surface area contributed by atoms with Gasteiger partial charge in [-0.15, -0.1) is 0 Å². The third kappa shape index (κ3) is 5.48. The summed E-state index contributed by atoms with van der Waals surface area (Å²) >= 11 is 0. The zero-order valence-corrected chi connectivity index (χ0v) is 4.32. The van der Waals surface area contributed by atoms with Gasteiger partial charge in [-0.3, -0.25) is 0 Å². The second kappa shape index (κ2) is 5.48. The van der Waals surface area contributed by atoms with Crippen LogP contribution in [0.1, 0.15) is 0 Å². The molecule has 0 saturated heterocycles. The lowest BCUT2D eigenvalue weighted by molar-refractivity contribution is 0.239. The van der Waals surface area contributed by atoms with Crippen molar-refractivity contribution in [1.82, 2.24) is 5.73 Å². The van der Waals surface area contributed by atoms with Crippen LogP contribution < -0.4 is 5.73 Å². The number of methoxy groups -OCH3 is 1. The largest absolute Gasteiger partial charge is 0.372 e. The Bertz CT molecular complexity index is 79.8. The monoisotopic (exact) mass is 98.1 g/mol. The highest BCUT2D eigenvalue weighted by Gasteiger charge is 1.63. The van der Waals surface area contributed by atoms with E-state index < -0.39 is 0 Å². The second-order valence-electron chi connectivity index (χ2n) is 0.963. The fraction of sp³-hybridized carbons (Fsp3) is 0.600. The summed E-state index contributed by atoms with van der Waals surface area (Å²) in [6, 6.07) is 0. The summed E-state index contributed by atoms with van der Waals surface area (Å²) < 4.78 is 4.59. The molecule has 1 N–H and O–H groups in total. The van der Waals surface area contributed by atoms with Crippen LogP contribution in [-0.2, 0) is 4.74 Å². The van der Waals surface area contributed by atoms with Gasteiger partial charge in [-0.05, 0) is 0 Å². The maximum atomic E-state index is 6.55. The van der Waals surface area contributed by atoms with E-state index in [2.05, 4.69) is 16.6 Å². The van der Waals surface area contributed by atoms with Crippen LogP contribution in [0.4, 0.5) is 0 Å². The average Bonchev–Trinajstić information content (AvgIpc) is 1.69. The van der Waals surface area contributed by atoms with E-state index in [9.17, 15) is 0 Å². The van der Waals surface area contributed by atoms with Gasteiger partial charge < -0.3 is 4.74 Å². The number of rotatable bonds is 1. The average molecular weight is 98.1 g/mol. The molecule has 0 amide bonds. The number of hydrogen-bond donors (Lipinski definition) is 0. The molecule has 0 heterocycles. The van der Waals surface area contributed by atoms with E-state index in [0.29, 0.717) is 6.61 Å². The molecule has 0 spiro atoms. The Balaban J connectivity index is 2.91. The molecule has 1 radical (unpaired) electrons. The topological polar surface area (TPSA) is 33.0 Å².